The molecule has 0 aromatic carbocycles. The van der Waals surface area contributed by atoms with Gasteiger partial charge in [0.25, 0.3) is 0 Å². The van der Waals surface area contributed by atoms with Gasteiger partial charge < -0.3 is 23.1 Å². The highest BCUT2D eigenvalue weighted by Gasteiger charge is 2.55. The van der Waals surface area contributed by atoms with Crippen molar-refractivity contribution in [3.05, 3.63) is 22.8 Å². The molecular weight excluding hydrogens is 651 g/mol. The second-order valence-electron chi connectivity index (χ2n) is 15.8. The average molecular weight is 713 g/mol. The molecule has 0 saturated carbocycles. The van der Waals surface area contributed by atoms with Gasteiger partial charge in [0.05, 0.1) is 12.2 Å². The first kappa shape index (κ1) is 37.7. The molecule has 1 heterocycles. The van der Waals surface area contributed by atoms with Crippen LogP contribution in [0.15, 0.2) is 22.8 Å². The highest BCUT2D eigenvalue weighted by molar-refractivity contribution is 14.1. The largest absolute Gasteiger partial charge is 0.408 e. The van der Waals surface area contributed by atoms with E-state index in [0.717, 1.165) is 6.42 Å². The van der Waals surface area contributed by atoms with Crippen LogP contribution in [0.2, 0.25) is 54.4 Å². The summed E-state index contributed by atoms with van der Waals surface area (Å²) in [6.07, 6.45) is 2.53. The van der Waals surface area contributed by atoms with Crippen molar-refractivity contribution in [3.63, 3.8) is 0 Å². The van der Waals surface area contributed by atoms with Crippen LogP contribution < -0.4 is 0 Å². The van der Waals surface area contributed by atoms with Crippen LogP contribution in [0.3, 0.4) is 0 Å². The Bertz CT molecular complexity index is 824. The lowest BCUT2D eigenvalue weighted by Crippen LogP contribution is -2.67. The third kappa shape index (κ3) is 9.58. The molecule has 1 saturated heterocycles. The number of ether oxygens (including phenoxy) is 1. The molecule has 1 aliphatic heterocycles. The lowest BCUT2D eigenvalue weighted by Gasteiger charge is -2.54. The van der Waals surface area contributed by atoms with E-state index in [2.05, 4.69) is 137 Å². The second kappa shape index (κ2) is 13.5. The maximum atomic E-state index is 11.9. The topological polar surface area (TPSA) is 57.2 Å². The SMILES string of the molecule is C=CCC[C@@H]1O[C@@H](C(/C=C/I)O[Si](C)(C)C(C)(C)C)C(O[Si](C)(C)C(C)(C)C)C(O[Si](C)(C)C(C)(C)C)[C@H]1O. The van der Waals surface area contributed by atoms with Gasteiger partial charge in [-0.1, -0.05) is 91.0 Å². The molecule has 39 heavy (non-hydrogen) atoms. The summed E-state index contributed by atoms with van der Waals surface area (Å²) in [7, 11) is -6.72. The van der Waals surface area contributed by atoms with E-state index < -0.39 is 55.5 Å². The summed E-state index contributed by atoms with van der Waals surface area (Å²) in [6, 6.07) is 0. The number of allylic oxidation sites excluding steroid dienone is 1. The zero-order valence-electron chi connectivity index (χ0n) is 27.8. The Morgan fingerprint density at radius 3 is 1.64 bits per heavy atom. The fourth-order valence-electron chi connectivity index (χ4n) is 3.85. The van der Waals surface area contributed by atoms with Crippen molar-refractivity contribution in [1.82, 2.24) is 0 Å². The van der Waals surface area contributed by atoms with E-state index >= 15 is 0 Å². The zero-order valence-corrected chi connectivity index (χ0v) is 32.9. The van der Waals surface area contributed by atoms with Crippen molar-refractivity contribution in [2.75, 3.05) is 0 Å². The first-order valence-corrected chi connectivity index (χ1v) is 24.5. The van der Waals surface area contributed by atoms with E-state index in [9.17, 15) is 5.11 Å². The fraction of sp³-hybridized carbons (Fsp3) is 0.867. The maximum absolute atomic E-state index is 11.9. The molecule has 3 unspecified atom stereocenters. The minimum Gasteiger partial charge on any atom is -0.408 e. The lowest BCUT2D eigenvalue weighted by atomic mass is 9.90. The predicted octanol–water partition coefficient (Wildman–Crippen LogP) is 9.20. The van der Waals surface area contributed by atoms with Crippen molar-refractivity contribution < 1.29 is 23.1 Å². The molecule has 9 heteroatoms. The van der Waals surface area contributed by atoms with Gasteiger partial charge in [-0.15, -0.1) is 6.58 Å². The summed E-state index contributed by atoms with van der Waals surface area (Å²) in [5.74, 6) is 0. The minimum absolute atomic E-state index is 0.0153. The molecule has 0 aliphatic carbocycles. The number of rotatable bonds is 11. The molecule has 1 rings (SSSR count). The maximum Gasteiger partial charge on any atom is 0.193 e. The van der Waals surface area contributed by atoms with Crippen LogP contribution >= 0.6 is 22.6 Å². The van der Waals surface area contributed by atoms with Gasteiger partial charge in [0.1, 0.15) is 24.4 Å². The summed E-state index contributed by atoms with van der Waals surface area (Å²) in [4.78, 5) is 0. The molecule has 1 N–H and O–H groups in total. The molecule has 1 aliphatic rings. The third-order valence-corrected chi connectivity index (χ3v) is 23.5. The van der Waals surface area contributed by atoms with Crippen molar-refractivity contribution in [2.24, 2.45) is 0 Å². The van der Waals surface area contributed by atoms with E-state index in [4.69, 9.17) is 18.0 Å². The van der Waals surface area contributed by atoms with Crippen LogP contribution in [0.5, 0.6) is 0 Å². The Labute approximate surface area is 258 Å². The molecule has 0 spiro atoms. The monoisotopic (exact) mass is 712 g/mol. The smallest absolute Gasteiger partial charge is 0.193 e. The summed E-state index contributed by atoms with van der Waals surface area (Å²) in [5.41, 5.74) is 0. The molecule has 230 valence electrons. The van der Waals surface area contributed by atoms with Crippen LogP contribution in [-0.2, 0) is 18.0 Å². The number of aliphatic hydroxyl groups excluding tert-OH is 1. The molecular formula is C30H61IO5Si3. The summed E-state index contributed by atoms with van der Waals surface area (Å²) in [5, 5.41) is 11.9. The van der Waals surface area contributed by atoms with Gasteiger partial charge in [0, 0.05) is 0 Å². The highest BCUT2D eigenvalue weighted by atomic mass is 127. The van der Waals surface area contributed by atoms with Crippen LogP contribution in [0.25, 0.3) is 0 Å². The minimum atomic E-state index is -2.28. The normalized spacial score (nSPS) is 27.2. The molecule has 1 fully saturated rings. The van der Waals surface area contributed by atoms with Crippen molar-refractivity contribution in [3.8, 4) is 0 Å². The highest BCUT2D eigenvalue weighted by Crippen LogP contribution is 2.45. The van der Waals surface area contributed by atoms with Crippen molar-refractivity contribution in [2.45, 2.75) is 166 Å². The molecule has 0 aromatic heterocycles. The molecule has 0 bridgehead atoms. The molecule has 0 radical (unpaired) electrons. The van der Waals surface area contributed by atoms with E-state index in [0.29, 0.717) is 6.42 Å². The van der Waals surface area contributed by atoms with Crippen molar-refractivity contribution in [1.29, 1.82) is 0 Å². The summed E-state index contributed by atoms with van der Waals surface area (Å²) >= 11 is 2.27. The first-order chi connectivity index (χ1) is 17.3. The Morgan fingerprint density at radius 2 is 1.26 bits per heavy atom. The van der Waals surface area contributed by atoms with Gasteiger partial charge in [-0.25, -0.2) is 0 Å². The fourth-order valence-corrected chi connectivity index (χ4v) is 8.11. The van der Waals surface area contributed by atoms with E-state index in [1.165, 1.54) is 0 Å². The van der Waals surface area contributed by atoms with Gasteiger partial charge >= 0.3 is 0 Å². The van der Waals surface area contributed by atoms with Crippen LogP contribution in [0.4, 0.5) is 0 Å². The Balaban J connectivity index is 3.82. The van der Waals surface area contributed by atoms with Crippen LogP contribution in [0, 0.1) is 0 Å². The Hall–Kier alpha value is 0.661. The zero-order chi connectivity index (χ0) is 30.8. The molecule has 0 amide bonds. The average Bonchev–Trinajstić information content (AvgIpc) is 2.72. The van der Waals surface area contributed by atoms with Gasteiger partial charge in [0.2, 0.25) is 0 Å². The van der Waals surface area contributed by atoms with E-state index in [1.807, 2.05) is 10.2 Å². The summed E-state index contributed by atoms with van der Waals surface area (Å²) < 4.78 is 30.2. The third-order valence-electron chi connectivity index (χ3n) is 9.65. The Kier molecular flexibility index (Phi) is 13.1. The Morgan fingerprint density at radius 1 is 0.821 bits per heavy atom. The lowest BCUT2D eigenvalue weighted by molar-refractivity contribution is -0.229. The van der Waals surface area contributed by atoms with Gasteiger partial charge in [-0.2, -0.15) is 0 Å². The summed E-state index contributed by atoms with van der Waals surface area (Å²) in [6.45, 7) is 37.8. The van der Waals surface area contributed by atoms with Crippen molar-refractivity contribution >= 4 is 47.5 Å². The second-order valence-corrected chi connectivity index (χ2v) is 30.8. The van der Waals surface area contributed by atoms with Gasteiger partial charge in [-0.3, -0.25) is 0 Å². The standard InChI is InChI=1S/C30H61IO5Si3/c1-17-18-19-22-24(32)26(35-38(13,14)29(5,6)7)27(36-39(15,16)30(8,9)10)25(33-22)23(20-21-31)34-37(11,12)28(2,3)4/h17,20-27,32H,1,18-19H2,2-16H3/b21-20+/t22-,23?,24-,25-,26?,27?/m0/s1. The number of aliphatic hydroxyl groups is 1. The van der Waals surface area contributed by atoms with E-state index in [-0.39, 0.29) is 21.2 Å². The van der Waals surface area contributed by atoms with Gasteiger partial charge in [-0.05, 0) is 77.4 Å². The molecule has 6 atom stereocenters. The predicted molar refractivity (Wildman–Crippen MR) is 183 cm³/mol. The van der Waals surface area contributed by atoms with Gasteiger partial charge in [0.15, 0.2) is 25.0 Å². The first-order valence-electron chi connectivity index (χ1n) is 14.6. The quantitative estimate of drug-likeness (QED) is 0.132. The van der Waals surface area contributed by atoms with Crippen LogP contribution in [-0.4, -0.2) is 66.7 Å². The number of hydrogen-bond donors (Lipinski definition) is 1. The number of hydrogen-bond acceptors (Lipinski definition) is 5. The van der Waals surface area contributed by atoms with Crippen LogP contribution in [0.1, 0.15) is 75.2 Å². The van der Waals surface area contributed by atoms with E-state index in [1.54, 1.807) is 0 Å². The molecule has 5 nitrogen and oxygen atoms in total. The molecule has 0 aromatic rings. The number of halogens is 1.